The monoisotopic (exact) mass is 1530 g/mol. The number of nitrogens with one attached hydrogen (secondary N) is 5. The topological polar surface area (TPSA) is 355 Å². The zero-order chi connectivity index (χ0) is 81.5. The first-order valence-electron chi connectivity index (χ1n) is 39.3. The van der Waals surface area contributed by atoms with Crippen LogP contribution in [0.5, 0.6) is 0 Å². The molecule has 0 spiro atoms. The summed E-state index contributed by atoms with van der Waals surface area (Å²) in [5.74, 6) is -3.83. The summed E-state index contributed by atoms with van der Waals surface area (Å²) in [6.45, 7) is 37.8. The molecule has 7 amide bonds. The largest absolute Gasteiger partial charge is 0.462 e. The van der Waals surface area contributed by atoms with Crippen LogP contribution in [0.3, 0.4) is 0 Å². The number of rotatable bonds is 53. The first kappa shape index (κ1) is 99.8. The maximum Gasteiger partial charge on any atom is 0.410 e. The molecule has 0 saturated heterocycles. The zero-order valence-corrected chi connectivity index (χ0v) is 69.5. The van der Waals surface area contributed by atoms with Crippen molar-refractivity contribution in [2.45, 2.75) is 340 Å². The number of ether oxygens (including phenoxy) is 9. The highest BCUT2D eigenvalue weighted by Crippen LogP contribution is 2.26. The number of hydrogen-bond donors (Lipinski definition) is 5. The average Bonchev–Trinajstić information content (AvgIpc) is 0.817. The second-order valence-corrected chi connectivity index (χ2v) is 33.0. The maximum atomic E-state index is 13.9. The van der Waals surface area contributed by atoms with Crippen LogP contribution in [0.4, 0.5) is 19.2 Å². The van der Waals surface area contributed by atoms with Gasteiger partial charge in [-0.15, -0.1) is 0 Å². The van der Waals surface area contributed by atoms with Crippen LogP contribution in [0.2, 0.25) is 0 Å². The van der Waals surface area contributed by atoms with E-state index in [0.29, 0.717) is 114 Å². The van der Waals surface area contributed by atoms with Crippen LogP contribution in [0.25, 0.3) is 0 Å². The number of carbonyl (C=O) groups is 12. The molecule has 28 heteroatoms. The first-order valence-corrected chi connectivity index (χ1v) is 39.3. The quantitative estimate of drug-likeness (QED) is 0.0214. The van der Waals surface area contributed by atoms with Crippen LogP contribution in [0.1, 0.15) is 293 Å². The molecule has 8 atom stereocenters. The van der Waals surface area contributed by atoms with Gasteiger partial charge in [-0.05, 0) is 164 Å². The maximum absolute atomic E-state index is 13.9. The van der Waals surface area contributed by atoms with Gasteiger partial charge in [0.05, 0.1) is 0 Å². The molecule has 28 nitrogen and oxygen atoms in total. The molecule has 0 bridgehead atoms. The van der Waals surface area contributed by atoms with Gasteiger partial charge >= 0.3 is 54.2 Å². The van der Waals surface area contributed by atoms with Crippen molar-refractivity contribution in [2.24, 2.45) is 29.6 Å². The SMILES string of the molecule is CC(=O)OC[C@@H](OC(C)=O)[C@@H](OC(C)=O)[C@H](OC(C)=O)[C@@H](OC(C)=O)C(=O)NCCNC(=O)CCC(C)CCCC(C)CCCCC(C)CCCC(C)CCC(=O)NCCCCCCC(CN(CCCCNC(=O)OC(C)(C)C)C(=O)OC(C)(C)C)CN(CCCCNC(=O)OC(C)(C)C)C(=O)OC(C)(C)C. The Balaban J connectivity index is 5.13. The summed E-state index contributed by atoms with van der Waals surface area (Å²) in [4.78, 5) is 156. The highest BCUT2D eigenvalue weighted by atomic mass is 16.6. The molecule has 0 aromatic heterocycles. The summed E-state index contributed by atoms with van der Waals surface area (Å²) in [6.07, 6.45) is 11.0. The molecule has 620 valence electrons. The first-order chi connectivity index (χ1) is 49.7. The molecule has 107 heavy (non-hydrogen) atoms. The Morgan fingerprint density at radius 1 is 0.336 bits per heavy atom. The molecule has 0 radical (unpaired) electrons. The van der Waals surface area contributed by atoms with E-state index in [4.69, 9.17) is 42.6 Å². The minimum Gasteiger partial charge on any atom is -0.462 e. The predicted molar refractivity (Wildman–Crippen MR) is 408 cm³/mol. The Hall–Kier alpha value is -7.16. The zero-order valence-electron chi connectivity index (χ0n) is 69.5. The number of unbranched alkanes of at least 4 members (excludes halogenated alkanes) is 6. The van der Waals surface area contributed by atoms with Crippen LogP contribution < -0.4 is 26.6 Å². The molecule has 0 aliphatic rings. The molecule has 0 aromatic rings. The number of alkyl carbamates (subject to hydrolysis) is 2. The molecular weight excluding hydrogens is 1380 g/mol. The summed E-state index contributed by atoms with van der Waals surface area (Å²) in [5, 5.41) is 14.0. The number of amides is 7. The van der Waals surface area contributed by atoms with Gasteiger partial charge in [-0.1, -0.05) is 111 Å². The van der Waals surface area contributed by atoms with Crippen molar-refractivity contribution >= 4 is 71.9 Å². The predicted octanol–water partition coefficient (Wildman–Crippen LogP) is 13.3. The van der Waals surface area contributed by atoms with Crippen LogP contribution >= 0.6 is 0 Å². The lowest BCUT2D eigenvalue weighted by Gasteiger charge is -2.34. The van der Waals surface area contributed by atoms with Gasteiger partial charge in [-0.3, -0.25) is 38.4 Å². The number of nitrogens with zero attached hydrogens (tertiary/aromatic N) is 2. The fourth-order valence-electron chi connectivity index (χ4n) is 11.7. The summed E-state index contributed by atoms with van der Waals surface area (Å²) in [6, 6.07) is 0. The van der Waals surface area contributed by atoms with Gasteiger partial charge in [0.1, 0.15) is 29.0 Å². The number of hydrogen-bond acceptors (Lipinski definition) is 21. The molecular formula is C79H143N7O21. The summed E-state index contributed by atoms with van der Waals surface area (Å²) in [7, 11) is 0. The third-order valence-corrected chi connectivity index (χ3v) is 17.0. The van der Waals surface area contributed by atoms with Crippen molar-refractivity contribution in [3.05, 3.63) is 0 Å². The van der Waals surface area contributed by atoms with Gasteiger partial charge in [0.2, 0.25) is 17.9 Å². The van der Waals surface area contributed by atoms with Crippen LogP contribution in [-0.4, -0.2) is 194 Å². The third kappa shape index (κ3) is 56.7. The van der Waals surface area contributed by atoms with E-state index in [2.05, 4.69) is 54.3 Å². The highest BCUT2D eigenvalue weighted by Gasteiger charge is 2.47. The van der Waals surface area contributed by atoms with Crippen molar-refractivity contribution in [3.8, 4) is 0 Å². The van der Waals surface area contributed by atoms with E-state index in [9.17, 15) is 57.5 Å². The van der Waals surface area contributed by atoms with E-state index in [0.717, 1.165) is 98.8 Å². The molecule has 0 fully saturated rings. The highest BCUT2D eigenvalue weighted by molar-refractivity contribution is 5.85. The smallest absolute Gasteiger partial charge is 0.410 e. The fraction of sp³-hybridized carbons (Fsp3) is 0.848. The van der Waals surface area contributed by atoms with E-state index in [1.807, 2.05) is 41.5 Å². The molecule has 0 aromatic carbocycles. The Kier molecular flexibility index (Phi) is 50.0. The van der Waals surface area contributed by atoms with E-state index < -0.39 is 114 Å². The fourth-order valence-corrected chi connectivity index (χ4v) is 11.7. The Bertz CT molecular complexity index is 2580. The van der Waals surface area contributed by atoms with Gasteiger partial charge in [-0.2, -0.15) is 0 Å². The lowest BCUT2D eigenvalue weighted by Crippen LogP contribution is -2.57. The summed E-state index contributed by atoms with van der Waals surface area (Å²) < 4.78 is 48.7. The van der Waals surface area contributed by atoms with Crippen molar-refractivity contribution < 1.29 is 100 Å². The van der Waals surface area contributed by atoms with Crippen LogP contribution in [-0.2, 0) is 81.0 Å². The van der Waals surface area contributed by atoms with Gasteiger partial charge in [0, 0.05) is 106 Å². The van der Waals surface area contributed by atoms with Crippen LogP contribution in [0, 0.1) is 29.6 Å². The van der Waals surface area contributed by atoms with Crippen molar-refractivity contribution in [1.29, 1.82) is 0 Å². The van der Waals surface area contributed by atoms with Gasteiger partial charge in [-0.25, -0.2) is 19.2 Å². The Morgan fingerprint density at radius 2 is 0.682 bits per heavy atom. The minimum absolute atomic E-state index is 0.00933. The summed E-state index contributed by atoms with van der Waals surface area (Å²) in [5.41, 5.74) is -2.76. The molecule has 0 saturated carbocycles. The van der Waals surface area contributed by atoms with Gasteiger partial charge in [0.25, 0.3) is 5.91 Å². The van der Waals surface area contributed by atoms with Crippen molar-refractivity contribution in [2.75, 3.05) is 65.5 Å². The second-order valence-electron chi connectivity index (χ2n) is 33.0. The van der Waals surface area contributed by atoms with E-state index in [1.165, 1.54) is 32.1 Å². The van der Waals surface area contributed by atoms with Gasteiger partial charge in [0.15, 0.2) is 18.3 Å². The van der Waals surface area contributed by atoms with E-state index >= 15 is 0 Å². The van der Waals surface area contributed by atoms with Crippen LogP contribution in [0.15, 0.2) is 0 Å². The number of carbonyl (C=O) groups excluding carboxylic acids is 12. The summed E-state index contributed by atoms with van der Waals surface area (Å²) >= 11 is 0. The van der Waals surface area contributed by atoms with Crippen molar-refractivity contribution in [1.82, 2.24) is 36.4 Å². The van der Waals surface area contributed by atoms with E-state index in [1.54, 1.807) is 51.3 Å². The molecule has 0 heterocycles. The third-order valence-electron chi connectivity index (χ3n) is 17.0. The lowest BCUT2D eigenvalue weighted by molar-refractivity contribution is -0.203. The minimum atomic E-state index is -1.93. The second kappa shape index (κ2) is 53.6. The molecule has 4 unspecified atom stereocenters. The standard InChI is InChI=1S/C79H143N7O21/c1-55(34-25-26-35-56(2)37-33-39-58(4)42-44-67(93)81-48-49-82-71(94)70(103-63(9)91)69(102-62(8)90)68(101-61(7)89)65(100-60(6)88)54-99-59(5)87)36-32-38-57(3)41-43-66(92)80-45-27-23-22-24-40-64(52-85(74(97)106-78(16,17)18)50-30-28-46-83-72(95)104-76(10,11)12)53-86(75(98)107-79(19,20)21)51-31-29-47-84-73(96)105-77(13,14)15/h55-58,64-65,68-70H,22-54H2,1-21H3,(H,80,92)(H,81,93)(H,82,94)(H,83,95)(H,84,96)/t55?,56?,57?,58?,65-,68-,69+,70-/m1/s1. The normalized spacial score (nSPS) is 14.0. The molecule has 0 rings (SSSR count). The van der Waals surface area contributed by atoms with Gasteiger partial charge < -0.3 is 79.0 Å². The number of esters is 5. The molecule has 5 N–H and O–H groups in total. The molecule has 0 aliphatic carbocycles. The average molecular weight is 1530 g/mol. The van der Waals surface area contributed by atoms with E-state index in [-0.39, 0.29) is 37.2 Å². The molecule has 0 aliphatic heterocycles. The van der Waals surface area contributed by atoms with Crippen molar-refractivity contribution in [3.63, 3.8) is 0 Å². The Labute approximate surface area is 640 Å². The lowest BCUT2D eigenvalue weighted by atomic mass is 9.90. The Morgan fingerprint density at radius 3 is 1.08 bits per heavy atom.